The van der Waals surface area contributed by atoms with Gasteiger partial charge in [-0.05, 0) is 25.7 Å². The second-order valence-electron chi connectivity index (χ2n) is 6.38. The maximum atomic E-state index is 11.8. The third kappa shape index (κ3) is 6.12. The molecule has 4 nitrogen and oxygen atoms in total. The molecule has 4 heteroatoms. The van der Waals surface area contributed by atoms with Gasteiger partial charge < -0.3 is 16.0 Å². The van der Waals surface area contributed by atoms with Crippen LogP contribution in [-0.2, 0) is 0 Å². The number of nitrogens with one attached hydrogen (secondary N) is 3. The molecule has 2 saturated carbocycles. The Hall–Kier alpha value is -0.770. The summed E-state index contributed by atoms with van der Waals surface area (Å²) in [5.74, 6) is 0. The van der Waals surface area contributed by atoms with E-state index in [1.54, 1.807) is 0 Å². The molecule has 0 spiro atoms. The Morgan fingerprint density at radius 3 is 1.95 bits per heavy atom. The molecule has 2 amide bonds. The zero-order chi connectivity index (χ0) is 14.0. The van der Waals surface area contributed by atoms with Gasteiger partial charge in [0, 0.05) is 25.2 Å². The number of hydrogen-bond donors (Lipinski definition) is 3. The Morgan fingerprint density at radius 1 is 0.750 bits per heavy atom. The van der Waals surface area contributed by atoms with Crippen molar-refractivity contribution in [3.8, 4) is 0 Å². The van der Waals surface area contributed by atoms with E-state index >= 15 is 0 Å². The minimum atomic E-state index is 0.0135. The number of urea groups is 1. The van der Waals surface area contributed by atoms with Crippen molar-refractivity contribution in [1.29, 1.82) is 0 Å². The van der Waals surface area contributed by atoms with Crippen LogP contribution in [0, 0.1) is 0 Å². The van der Waals surface area contributed by atoms with Crippen molar-refractivity contribution in [1.82, 2.24) is 16.0 Å². The average Bonchev–Trinajstić information content (AvgIpc) is 2.73. The smallest absolute Gasteiger partial charge is 0.315 e. The molecule has 0 aliphatic heterocycles. The summed E-state index contributed by atoms with van der Waals surface area (Å²) in [6.45, 7) is 1.62. The summed E-state index contributed by atoms with van der Waals surface area (Å²) in [4.78, 5) is 11.8. The van der Waals surface area contributed by atoms with Crippen LogP contribution in [0.15, 0.2) is 0 Å². The molecule has 2 rings (SSSR count). The monoisotopic (exact) mass is 281 g/mol. The van der Waals surface area contributed by atoms with Gasteiger partial charge in [-0.2, -0.15) is 0 Å². The first-order valence-electron chi connectivity index (χ1n) is 8.62. The number of amides is 2. The minimum Gasteiger partial charge on any atom is -0.337 e. The maximum absolute atomic E-state index is 11.8. The molecule has 0 heterocycles. The number of carbonyl (C=O) groups is 1. The van der Waals surface area contributed by atoms with E-state index in [4.69, 9.17) is 0 Å². The molecular formula is C16H31N3O. The molecule has 0 radical (unpaired) electrons. The van der Waals surface area contributed by atoms with Gasteiger partial charge in [0.25, 0.3) is 0 Å². The highest BCUT2D eigenvalue weighted by Gasteiger charge is 2.15. The van der Waals surface area contributed by atoms with Gasteiger partial charge in [0.15, 0.2) is 0 Å². The maximum Gasteiger partial charge on any atom is 0.315 e. The van der Waals surface area contributed by atoms with E-state index in [1.165, 1.54) is 57.8 Å². The van der Waals surface area contributed by atoms with Crippen molar-refractivity contribution in [2.24, 2.45) is 0 Å². The Labute approximate surface area is 123 Å². The van der Waals surface area contributed by atoms with Crippen molar-refractivity contribution in [2.45, 2.75) is 82.7 Å². The molecule has 0 aromatic heterocycles. The van der Waals surface area contributed by atoms with Crippen molar-refractivity contribution in [2.75, 3.05) is 13.1 Å². The van der Waals surface area contributed by atoms with Crippen LogP contribution in [0.3, 0.4) is 0 Å². The van der Waals surface area contributed by atoms with Crippen molar-refractivity contribution in [3.63, 3.8) is 0 Å². The number of carbonyl (C=O) groups excluding carboxylic acids is 1. The predicted octanol–water partition coefficient (Wildman–Crippen LogP) is 2.93. The fourth-order valence-corrected chi connectivity index (χ4v) is 3.42. The summed E-state index contributed by atoms with van der Waals surface area (Å²) in [6.07, 6.45) is 14.2. The van der Waals surface area contributed by atoms with Gasteiger partial charge in [-0.1, -0.05) is 44.9 Å². The lowest BCUT2D eigenvalue weighted by molar-refractivity contribution is 0.232. The van der Waals surface area contributed by atoms with Crippen LogP contribution in [0.2, 0.25) is 0 Å². The van der Waals surface area contributed by atoms with Crippen LogP contribution >= 0.6 is 0 Å². The summed E-state index contributed by atoms with van der Waals surface area (Å²) in [6, 6.07) is 1.08. The van der Waals surface area contributed by atoms with E-state index in [9.17, 15) is 4.79 Å². The molecule has 0 atom stereocenters. The van der Waals surface area contributed by atoms with Gasteiger partial charge in [-0.15, -0.1) is 0 Å². The molecule has 2 aliphatic carbocycles. The zero-order valence-electron chi connectivity index (χ0n) is 12.8. The van der Waals surface area contributed by atoms with Gasteiger partial charge in [0.1, 0.15) is 0 Å². The molecule has 0 aromatic carbocycles. The topological polar surface area (TPSA) is 53.2 Å². The molecule has 3 N–H and O–H groups in total. The first-order valence-corrected chi connectivity index (χ1v) is 8.62. The van der Waals surface area contributed by atoms with E-state index < -0.39 is 0 Å². The lowest BCUT2D eigenvalue weighted by Gasteiger charge is -2.23. The predicted molar refractivity (Wildman–Crippen MR) is 82.9 cm³/mol. The summed E-state index contributed by atoms with van der Waals surface area (Å²) < 4.78 is 0. The van der Waals surface area contributed by atoms with Crippen molar-refractivity contribution in [3.05, 3.63) is 0 Å². The SMILES string of the molecule is O=C(NCCNC1CCCCCC1)NC1CCCCC1. The highest BCUT2D eigenvalue weighted by Crippen LogP contribution is 2.17. The Kier molecular flexibility index (Phi) is 7.20. The van der Waals surface area contributed by atoms with E-state index in [1.807, 2.05) is 0 Å². The van der Waals surface area contributed by atoms with Crippen molar-refractivity contribution >= 4 is 6.03 Å². The van der Waals surface area contributed by atoms with Crippen molar-refractivity contribution < 1.29 is 4.79 Å². The third-order valence-corrected chi connectivity index (χ3v) is 4.64. The second kappa shape index (κ2) is 9.22. The fraction of sp³-hybridized carbons (Fsp3) is 0.938. The highest BCUT2D eigenvalue weighted by atomic mass is 16.2. The number of hydrogen-bond acceptors (Lipinski definition) is 2. The average molecular weight is 281 g/mol. The molecule has 2 fully saturated rings. The number of rotatable bonds is 5. The molecule has 2 aliphatic rings. The third-order valence-electron chi connectivity index (χ3n) is 4.64. The quantitative estimate of drug-likeness (QED) is 0.536. The highest BCUT2D eigenvalue weighted by molar-refractivity contribution is 5.74. The minimum absolute atomic E-state index is 0.0135. The van der Waals surface area contributed by atoms with E-state index in [0.29, 0.717) is 12.1 Å². The normalized spacial score (nSPS) is 22.2. The molecule has 116 valence electrons. The van der Waals surface area contributed by atoms with Gasteiger partial charge in [-0.3, -0.25) is 0 Å². The van der Waals surface area contributed by atoms with E-state index in [2.05, 4.69) is 16.0 Å². The van der Waals surface area contributed by atoms with Gasteiger partial charge in [-0.25, -0.2) is 4.79 Å². The first kappa shape index (κ1) is 15.6. The van der Waals surface area contributed by atoms with Crippen LogP contribution in [0.4, 0.5) is 4.79 Å². The molecule has 0 saturated heterocycles. The van der Waals surface area contributed by atoms with E-state index in [0.717, 1.165) is 25.9 Å². The van der Waals surface area contributed by atoms with Crippen LogP contribution in [0.25, 0.3) is 0 Å². The molecular weight excluding hydrogens is 250 g/mol. The fourth-order valence-electron chi connectivity index (χ4n) is 3.42. The largest absolute Gasteiger partial charge is 0.337 e. The van der Waals surface area contributed by atoms with Gasteiger partial charge in [0.2, 0.25) is 0 Å². The van der Waals surface area contributed by atoms with E-state index in [-0.39, 0.29) is 6.03 Å². The Balaban J connectivity index is 1.50. The standard InChI is InChI=1S/C16H31N3O/c20-16(19-15-10-6-3-7-11-15)18-13-12-17-14-8-4-1-2-5-9-14/h14-15,17H,1-13H2,(H2,18,19,20). The van der Waals surface area contributed by atoms with Crippen LogP contribution in [0.1, 0.15) is 70.6 Å². The first-order chi connectivity index (χ1) is 9.84. The lowest BCUT2D eigenvalue weighted by Crippen LogP contribution is -2.45. The van der Waals surface area contributed by atoms with Gasteiger partial charge in [0.05, 0.1) is 0 Å². The second-order valence-corrected chi connectivity index (χ2v) is 6.38. The molecule has 0 bridgehead atoms. The summed E-state index contributed by atoms with van der Waals surface area (Å²) in [5, 5.41) is 9.64. The van der Waals surface area contributed by atoms with Crippen LogP contribution in [-0.4, -0.2) is 31.2 Å². The molecule has 20 heavy (non-hydrogen) atoms. The zero-order valence-corrected chi connectivity index (χ0v) is 12.8. The Bertz CT molecular complexity index is 269. The molecule has 0 aromatic rings. The van der Waals surface area contributed by atoms with Crippen LogP contribution in [0.5, 0.6) is 0 Å². The molecule has 0 unspecified atom stereocenters. The van der Waals surface area contributed by atoms with Gasteiger partial charge >= 0.3 is 6.03 Å². The Morgan fingerprint density at radius 2 is 1.30 bits per heavy atom. The summed E-state index contributed by atoms with van der Waals surface area (Å²) >= 11 is 0. The summed E-state index contributed by atoms with van der Waals surface area (Å²) in [5.41, 5.74) is 0. The lowest BCUT2D eigenvalue weighted by atomic mass is 9.96. The summed E-state index contributed by atoms with van der Waals surface area (Å²) in [7, 11) is 0. The van der Waals surface area contributed by atoms with Crippen LogP contribution < -0.4 is 16.0 Å².